The summed E-state index contributed by atoms with van der Waals surface area (Å²) in [5, 5.41) is 4.44. The second kappa shape index (κ2) is 8.97. The first kappa shape index (κ1) is 20.6. The lowest BCUT2D eigenvalue weighted by Crippen LogP contribution is -2.29. The molecule has 2 saturated heterocycles. The highest BCUT2D eigenvalue weighted by Gasteiger charge is 2.37. The molecule has 0 spiro atoms. The summed E-state index contributed by atoms with van der Waals surface area (Å²) in [4.78, 5) is 33.9. The second-order valence-corrected chi connectivity index (χ2v) is 9.07. The summed E-state index contributed by atoms with van der Waals surface area (Å²) < 4.78 is 0. The number of amides is 2. The standard InChI is InChI=1S/C22H22N4O2S2/c1-15(27)23-17-8-10-18(11-9-17)24-22-26(14-16-6-4-3-5-7-16)20(28)19(30-22)21-25(2)12-13-29-21/h3-11H,12-14H2,1-2H3,(H,23,27). The third kappa shape index (κ3) is 4.55. The minimum absolute atomic E-state index is 0.00582. The molecule has 0 atom stereocenters. The van der Waals surface area contributed by atoms with Crippen molar-refractivity contribution in [1.82, 2.24) is 9.80 Å². The molecule has 8 heteroatoms. The van der Waals surface area contributed by atoms with E-state index in [1.807, 2.05) is 61.6 Å². The molecule has 30 heavy (non-hydrogen) atoms. The fraction of sp³-hybridized carbons (Fsp3) is 0.227. The molecule has 2 heterocycles. The Kier molecular flexibility index (Phi) is 6.15. The van der Waals surface area contributed by atoms with Crippen molar-refractivity contribution in [2.75, 3.05) is 24.7 Å². The zero-order chi connectivity index (χ0) is 21.1. The number of carbonyl (C=O) groups excluding carboxylic acids is 2. The minimum Gasteiger partial charge on any atom is -0.368 e. The molecule has 2 aliphatic heterocycles. The molecule has 2 aliphatic rings. The van der Waals surface area contributed by atoms with Crippen molar-refractivity contribution in [3.8, 4) is 0 Å². The molecular weight excluding hydrogens is 416 g/mol. The van der Waals surface area contributed by atoms with E-state index >= 15 is 0 Å². The highest BCUT2D eigenvalue weighted by molar-refractivity contribution is 8.19. The smallest absolute Gasteiger partial charge is 0.269 e. The number of nitrogens with one attached hydrogen (secondary N) is 1. The van der Waals surface area contributed by atoms with Crippen molar-refractivity contribution in [1.29, 1.82) is 0 Å². The van der Waals surface area contributed by atoms with Gasteiger partial charge in [0.2, 0.25) is 5.91 Å². The van der Waals surface area contributed by atoms with Gasteiger partial charge in [-0.05, 0) is 41.6 Å². The maximum absolute atomic E-state index is 13.3. The van der Waals surface area contributed by atoms with Crippen LogP contribution in [0.4, 0.5) is 11.4 Å². The maximum Gasteiger partial charge on any atom is 0.269 e. The molecule has 2 amide bonds. The Balaban J connectivity index is 1.66. The SMILES string of the molecule is CC(=O)Nc1ccc(N=C2SC(=C3SCCN3C)C(=O)N2Cc2ccccc2)cc1. The molecule has 0 aromatic heterocycles. The molecule has 0 unspecified atom stereocenters. The molecule has 2 fully saturated rings. The summed E-state index contributed by atoms with van der Waals surface area (Å²) in [6.45, 7) is 2.89. The van der Waals surface area contributed by atoms with Crippen molar-refractivity contribution in [3.63, 3.8) is 0 Å². The van der Waals surface area contributed by atoms with E-state index in [0.717, 1.165) is 39.2 Å². The van der Waals surface area contributed by atoms with E-state index in [0.29, 0.717) is 11.7 Å². The molecule has 2 aromatic rings. The van der Waals surface area contributed by atoms with Gasteiger partial charge >= 0.3 is 0 Å². The fourth-order valence-electron chi connectivity index (χ4n) is 3.19. The maximum atomic E-state index is 13.3. The van der Waals surface area contributed by atoms with Gasteiger partial charge in [-0.3, -0.25) is 14.5 Å². The number of amidine groups is 1. The molecular formula is C22H22N4O2S2. The van der Waals surface area contributed by atoms with Crippen LogP contribution in [0.5, 0.6) is 0 Å². The van der Waals surface area contributed by atoms with Crippen LogP contribution >= 0.6 is 23.5 Å². The molecule has 4 rings (SSSR count). The van der Waals surface area contributed by atoms with E-state index in [1.54, 1.807) is 16.7 Å². The topological polar surface area (TPSA) is 65.0 Å². The van der Waals surface area contributed by atoms with Gasteiger partial charge in [-0.25, -0.2) is 4.99 Å². The van der Waals surface area contributed by atoms with E-state index in [4.69, 9.17) is 4.99 Å². The van der Waals surface area contributed by atoms with Gasteiger partial charge in [0.15, 0.2) is 5.17 Å². The molecule has 0 radical (unpaired) electrons. The summed E-state index contributed by atoms with van der Waals surface area (Å²) in [7, 11) is 2.02. The molecule has 6 nitrogen and oxygen atoms in total. The van der Waals surface area contributed by atoms with E-state index < -0.39 is 0 Å². The third-order valence-electron chi connectivity index (χ3n) is 4.67. The summed E-state index contributed by atoms with van der Waals surface area (Å²) in [6, 6.07) is 17.2. The number of anilines is 1. The van der Waals surface area contributed by atoms with E-state index in [1.165, 1.54) is 18.7 Å². The van der Waals surface area contributed by atoms with Crippen LogP contribution in [0.3, 0.4) is 0 Å². The number of hydrogen-bond donors (Lipinski definition) is 1. The van der Waals surface area contributed by atoms with Crippen molar-refractivity contribution in [3.05, 3.63) is 70.1 Å². The van der Waals surface area contributed by atoms with Crippen LogP contribution in [0.1, 0.15) is 12.5 Å². The first-order valence-corrected chi connectivity index (χ1v) is 11.4. The number of aliphatic imine (C=N–C) groups is 1. The van der Waals surface area contributed by atoms with Crippen LogP contribution in [0.25, 0.3) is 0 Å². The van der Waals surface area contributed by atoms with E-state index in [-0.39, 0.29) is 11.8 Å². The minimum atomic E-state index is -0.116. The van der Waals surface area contributed by atoms with Gasteiger partial charge in [-0.2, -0.15) is 0 Å². The van der Waals surface area contributed by atoms with E-state index in [2.05, 4.69) is 10.2 Å². The van der Waals surface area contributed by atoms with Crippen LogP contribution < -0.4 is 5.32 Å². The Morgan fingerprint density at radius 2 is 1.87 bits per heavy atom. The number of hydrogen-bond acceptors (Lipinski definition) is 6. The average molecular weight is 439 g/mol. The first-order valence-electron chi connectivity index (χ1n) is 9.59. The van der Waals surface area contributed by atoms with Gasteiger partial charge < -0.3 is 10.2 Å². The van der Waals surface area contributed by atoms with Crippen LogP contribution in [-0.2, 0) is 16.1 Å². The highest BCUT2D eigenvalue weighted by atomic mass is 32.2. The third-order valence-corrected chi connectivity index (χ3v) is 7.04. The number of carbonyl (C=O) groups is 2. The van der Waals surface area contributed by atoms with Gasteiger partial charge in [0.1, 0.15) is 4.91 Å². The number of nitrogens with zero attached hydrogens (tertiary/aromatic N) is 3. The predicted molar refractivity (Wildman–Crippen MR) is 125 cm³/mol. The predicted octanol–water partition coefficient (Wildman–Crippen LogP) is 4.26. The summed E-state index contributed by atoms with van der Waals surface area (Å²) in [5.74, 6) is 0.863. The van der Waals surface area contributed by atoms with Crippen LogP contribution in [0.15, 0.2) is 69.5 Å². The average Bonchev–Trinajstić information content (AvgIpc) is 3.28. The number of rotatable bonds is 4. The zero-order valence-corrected chi connectivity index (χ0v) is 18.4. The van der Waals surface area contributed by atoms with Crippen molar-refractivity contribution in [2.45, 2.75) is 13.5 Å². The Morgan fingerprint density at radius 1 is 1.13 bits per heavy atom. The van der Waals surface area contributed by atoms with Gasteiger partial charge in [0, 0.05) is 32.0 Å². The highest BCUT2D eigenvalue weighted by Crippen LogP contribution is 2.41. The fourth-order valence-corrected chi connectivity index (χ4v) is 5.61. The van der Waals surface area contributed by atoms with Gasteiger partial charge in [-0.15, -0.1) is 11.8 Å². The Labute approximate surface area is 184 Å². The van der Waals surface area contributed by atoms with E-state index in [9.17, 15) is 9.59 Å². The molecule has 0 aliphatic carbocycles. The Hall–Kier alpha value is -2.71. The zero-order valence-electron chi connectivity index (χ0n) is 16.8. The molecule has 2 aromatic carbocycles. The number of benzene rings is 2. The van der Waals surface area contributed by atoms with Crippen molar-refractivity contribution < 1.29 is 9.59 Å². The number of thioether (sulfide) groups is 2. The van der Waals surface area contributed by atoms with Crippen molar-refractivity contribution in [2.24, 2.45) is 4.99 Å². The lowest BCUT2D eigenvalue weighted by Gasteiger charge is -2.16. The van der Waals surface area contributed by atoms with Crippen LogP contribution in [0, 0.1) is 0 Å². The molecule has 0 bridgehead atoms. The summed E-state index contributed by atoms with van der Waals surface area (Å²) in [6.07, 6.45) is 0. The molecule has 1 N–H and O–H groups in total. The summed E-state index contributed by atoms with van der Waals surface area (Å²) in [5.41, 5.74) is 2.50. The largest absolute Gasteiger partial charge is 0.368 e. The molecule has 0 saturated carbocycles. The molecule has 154 valence electrons. The first-order chi connectivity index (χ1) is 14.5. The monoisotopic (exact) mass is 438 g/mol. The van der Waals surface area contributed by atoms with Gasteiger partial charge in [0.25, 0.3) is 5.91 Å². The summed E-state index contributed by atoms with van der Waals surface area (Å²) >= 11 is 3.15. The quantitative estimate of drug-likeness (QED) is 0.723. The van der Waals surface area contributed by atoms with Gasteiger partial charge in [0.05, 0.1) is 17.3 Å². The lowest BCUT2D eigenvalue weighted by atomic mass is 10.2. The van der Waals surface area contributed by atoms with Crippen molar-refractivity contribution >= 4 is 51.9 Å². The van der Waals surface area contributed by atoms with Crippen LogP contribution in [0.2, 0.25) is 0 Å². The second-order valence-electron chi connectivity index (χ2n) is 7.01. The van der Waals surface area contributed by atoms with Gasteiger partial charge in [-0.1, -0.05) is 30.3 Å². The Bertz CT molecular complexity index is 1020. The Morgan fingerprint density at radius 3 is 2.50 bits per heavy atom. The normalized spacial score (nSPS) is 20.3. The lowest BCUT2D eigenvalue weighted by molar-refractivity contribution is -0.122. The van der Waals surface area contributed by atoms with Crippen LogP contribution in [-0.4, -0.2) is 46.1 Å².